The Morgan fingerprint density at radius 2 is 1.71 bits per heavy atom. The number of hydrogen-bond donors (Lipinski definition) is 2. The normalized spacial score (nSPS) is 35.8. The van der Waals surface area contributed by atoms with Gasteiger partial charge in [0, 0.05) is 0 Å². The Morgan fingerprint density at radius 1 is 1.00 bits per heavy atom. The highest BCUT2D eigenvalue weighted by atomic mass is 14.9. The van der Waals surface area contributed by atoms with E-state index in [0.29, 0.717) is 0 Å². The molecule has 0 amide bonds. The lowest BCUT2D eigenvalue weighted by atomic mass is 9.80. The summed E-state index contributed by atoms with van der Waals surface area (Å²) in [5.74, 6) is 2.62. The van der Waals surface area contributed by atoms with Gasteiger partial charge in [0.2, 0.25) is 0 Å². The van der Waals surface area contributed by atoms with E-state index in [1.165, 1.54) is 45.1 Å². The quantitative estimate of drug-likeness (QED) is 0.660. The second-order valence-electron chi connectivity index (χ2n) is 5.07. The Kier molecular flexibility index (Phi) is 3.82. The average molecular weight is 196 g/mol. The Labute approximate surface area is 87.6 Å². The zero-order chi connectivity index (χ0) is 9.80. The van der Waals surface area contributed by atoms with E-state index in [0.717, 1.165) is 30.8 Å². The Bertz CT molecular complexity index is 162. The third-order valence-corrected chi connectivity index (χ3v) is 4.20. The van der Waals surface area contributed by atoms with E-state index < -0.39 is 0 Å². The van der Waals surface area contributed by atoms with Gasteiger partial charge in [-0.2, -0.15) is 0 Å². The molecule has 2 nitrogen and oxygen atoms in total. The topological polar surface area (TPSA) is 38.0 Å². The van der Waals surface area contributed by atoms with Crippen molar-refractivity contribution in [3.63, 3.8) is 0 Å². The molecule has 82 valence electrons. The molecule has 1 saturated heterocycles. The highest BCUT2D eigenvalue weighted by molar-refractivity contribution is 4.87. The Morgan fingerprint density at radius 3 is 2.36 bits per heavy atom. The summed E-state index contributed by atoms with van der Waals surface area (Å²) in [6.07, 6.45) is 8.76. The van der Waals surface area contributed by atoms with Crippen LogP contribution in [0, 0.1) is 17.8 Å². The molecule has 2 unspecified atom stereocenters. The maximum atomic E-state index is 5.83. The molecule has 0 bridgehead atoms. The molecule has 2 atom stereocenters. The molecule has 0 radical (unpaired) electrons. The monoisotopic (exact) mass is 196 g/mol. The van der Waals surface area contributed by atoms with Crippen LogP contribution in [0.25, 0.3) is 0 Å². The number of nitrogens with two attached hydrogens (primary N) is 1. The van der Waals surface area contributed by atoms with Crippen LogP contribution in [0.5, 0.6) is 0 Å². The molecule has 1 aliphatic heterocycles. The SMILES string of the molecule is NCC1CNCC1C1CCCCCC1. The summed E-state index contributed by atoms with van der Waals surface area (Å²) in [5, 5.41) is 3.51. The van der Waals surface area contributed by atoms with Crippen LogP contribution in [0.15, 0.2) is 0 Å². The third kappa shape index (κ3) is 2.29. The average Bonchev–Trinajstić information content (AvgIpc) is 2.52. The fourth-order valence-electron chi connectivity index (χ4n) is 3.30. The van der Waals surface area contributed by atoms with E-state index in [9.17, 15) is 0 Å². The first-order valence-electron chi connectivity index (χ1n) is 6.32. The van der Waals surface area contributed by atoms with Gasteiger partial charge in [0.15, 0.2) is 0 Å². The van der Waals surface area contributed by atoms with Crippen molar-refractivity contribution in [1.29, 1.82) is 0 Å². The van der Waals surface area contributed by atoms with Crippen LogP contribution in [-0.2, 0) is 0 Å². The predicted molar refractivity (Wildman–Crippen MR) is 60.1 cm³/mol. The fourth-order valence-corrected chi connectivity index (χ4v) is 3.30. The highest BCUT2D eigenvalue weighted by Crippen LogP contribution is 2.34. The first kappa shape index (κ1) is 10.4. The molecule has 1 heterocycles. The van der Waals surface area contributed by atoms with E-state index in [2.05, 4.69) is 5.32 Å². The van der Waals surface area contributed by atoms with Gasteiger partial charge in [0.25, 0.3) is 0 Å². The zero-order valence-corrected chi connectivity index (χ0v) is 9.17. The number of rotatable bonds is 2. The van der Waals surface area contributed by atoms with Crippen molar-refractivity contribution in [1.82, 2.24) is 5.32 Å². The predicted octanol–water partition coefficient (Wildman–Crippen LogP) is 1.75. The lowest BCUT2D eigenvalue weighted by Gasteiger charge is -2.26. The molecule has 14 heavy (non-hydrogen) atoms. The summed E-state index contributed by atoms with van der Waals surface area (Å²) in [6.45, 7) is 3.28. The second kappa shape index (κ2) is 5.13. The van der Waals surface area contributed by atoms with Crippen LogP contribution >= 0.6 is 0 Å². The molecule has 2 aliphatic rings. The molecule has 1 aliphatic carbocycles. The summed E-state index contributed by atoms with van der Waals surface area (Å²) < 4.78 is 0. The van der Waals surface area contributed by atoms with Crippen LogP contribution in [0.1, 0.15) is 38.5 Å². The molecule has 3 N–H and O–H groups in total. The second-order valence-corrected chi connectivity index (χ2v) is 5.07. The third-order valence-electron chi connectivity index (χ3n) is 4.20. The van der Waals surface area contributed by atoms with Crippen LogP contribution in [0.2, 0.25) is 0 Å². The van der Waals surface area contributed by atoms with Crippen molar-refractivity contribution in [2.45, 2.75) is 38.5 Å². The van der Waals surface area contributed by atoms with Crippen LogP contribution in [0.4, 0.5) is 0 Å². The van der Waals surface area contributed by atoms with Gasteiger partial charge in [0.05, 0.1) is 0 Å². The minimum Gasteiger partial charge on any atom is -0.330 e. The first-order valence-corrected chi connectivity index (χ1v) is 6.32. The largest absolute Gasteiger partial charge is 0.330 e. The van der Waals surface area contributed by atoms with E-state index in [1.54, 1.807) is 0 Å². The summed E-state index contributed by atoms with van der Waals surface area (Å²) in [6, 6.07) is 0. The molecule has 2 fully saturated rings. The summed E-state index contributed by atoms with van der Waals surface area (Å²) in [7, 11) is 0. The van der Waals surface area contributed by atoms with Crippen molar-refractivity contribution < 1.29 is 0 Å². The van der Waals surface area contributed by atoms with Crippen LogP contribution in [-0.4, -0.2) is 19.6 Å². The lowest BCUT2D eigenvalue weighted by molar-refractivity contribution is 0.259. The van der Waals surface area contributed by atoms with Crippen molar-refractivity contribution in [3.8, 4) is 0 Å². The van der Waals surface area contributed by atoms with Crippen molar-refractivity contribution in [2.24, 2.45) is 23.5 Å². The smallest absolute Gasteiger partial charge is 0.000510 e. The van der Waals surface area contributed by atoms with Gasteiger partial charge in [0.1, 0.15) is 0 Å². The maximum Gasteiger partial charge on any atom is -0.000510 e. The molecule has 2 heteroatoms. The van der Waals surface area contributed by atoms with Gasteiger partial charge in [-0.25, -0.2) is 0 Å². The number of hydrogen-bond acceptors (Lipinski definition) is 2. The van der Waals surface area contributed by atoms with E-state index in [4.69, 9.17) is 5.73 Å². The van der Waals surface area contributed by atoms with E-state index in [1.807, 2.05) is 0 Å². The van der Waals surface area contributed by atoms with Gasteiger partial charge >= 0.3 is 0 Å². The van der Waals surface area contributed by atoms with Crippen molar-refractivity contribution in [2.75, 3.05) is 19.6 Å². The zero-order valence-electron chi connectivity index (χ0n) is 9.17. The first-order chi connectivity index (χ1) is 6.92. The molecular weight excluding hydrogens is 172 g/mol. The Balaban J connectivity index is 1.91. The molecule has 0 aromatic rings. The van der Waals surface area contributed by atoms with Gasteiger partial charge in [-0.15, -0.1) is 0 Å². The molecule has 0 spiro atoms. The molecule has 1 saturated carbocycles. The summed E-state index contributed by atoms with van der Waals surface area (Å²) in [4.78, 5) is 0. The maximum absolute atomic E-state index is 5.83. The Hall–Kier alpha value is -0.0800. The molecule has 2 rings (SSSR count). The standard InChI is InChI=1S/C12H24N2/c13-7-11-8-14-9-12(11)10-5-3-1-2-4-6-10/h10-12,14H,1-9,13H2. The van der Waals surface area contributed by atoms with Gasteiger partial charge in [-0.1, -0.05) is 38.5 Å². The van der Waals surface area contributed by atoms with Crippen molar-refractivity contribution >= 4 is 0 Å². The molecule has 0 aromatic heterocycles. The number of nitrogens with one attached hydrogen (secondary N) is 1. The van der Waals surface area contributed by atoms with E-state index in [-0.39, 0.29) is 0 Å². The lowest BCUT2D eigenvalue weighted by Crippen LogP contribution is -2.27. The summed E-state index contributed by atoms with van der Waals surface area (Å²) >= 11 is 0. The molecule has 0 aromatic carbocycles. The summed E-state index contributed by atoms with van der Waals surface area (Å²) in [5.41, 5.74) is 5.83. The van der Waals surface area contributed by atoms with Crippen molar-refractivity contribution in [3.05, 3.63) is 0 Å². The van der Waals surface area contributed by atoms with E-state index >= 15 is 0 Å². The highest BCUT2D eigenvalue weighted by Gasteiger charge is 2.32. The van der Waals surface area contributed by atoms with Gasteiger partial charge in [-0.3, -0.25) is 0 Å². The fraction of sp³-hybridized carbons (Fsp3) is 1.00. The van der Waals surface area contributed by atoms with Gasteiger partial charge in [-0.05, 0) is 37.4 Å². The van der Waals surface area contributed by atoms with Gasteiger partial charge < -0.3 is 11.1 Å². The van der Waals surface area contributed by atoms with Crippen LogP contribution < -0.4 is 11.1 Å². The molecular formula is C12H24N2. The minimum atomic E-state index is 0.762. The van der Waals surface area contributed by atoms with Crippen LogP contribution in [0.3, 0.4) is 0 Å². The minimum absolute atomic E-state index is 0.762.